The van der Waals surface area contributed by atoms with Crippen LogP contribution in [0.5, 0.6) is 0 Å². The molecule has 0 radical (unpaired) electrons. The van der Waals surface area contributed by atoms with Crippen molar-refractivity contribution in [2.45, 2.75) is 501 Å². The lowest BCUT2D eigenvalue weighted by atomic mass is 9.49. The Morgan fingerprint density at radius 2 is 0.671 bits per heavy atom. The number of hydrogen-bond donors (Lipinski definition) is 2. The highest BCUT2D eigenvalue weighted by molar-refractivity contribution is 5.85. The molecule has 21 saturated carbocycles. The van der Waals surface area contributed by atoms with Gasteiger partial charge < -0.3 is 71.8 Å². The van der Waals surface area contributed by atoms with Crippen molar-refractivity contribution in [3.63, 3.8) is 0 Å². The van der Waals surface area contributed by atoms with Crippen LogP contribution in [0, 0.1) is 156 Å². The van der Waals surface area contributed by atoms with Gasteiger partial charge in [0.05, 0.1) is 73.7 Å². The molecule has 16 unspecified atom stereocenters. The Balaban J connectivity index is 0.000000142. The average Bonchev–Trinajstić information content (AvgIpc) is 1.71. The first-order valence-electron chi connectivity index (χ1n) is 58.6. The monoisotopic (exact) mass is 2090 g/mol. The number of esters is 13. The first kappa shape index (κ1) is 119. The van der Waals surface area contributed by atoms with Crippen LogP contribution < -0.4 is 0 Å². The lowest BCUT2D eigenvalue weighted by Crippen LogP contribution is -2.61. The topological polar surface area (TPSA) is 382 Å². The quantitative estimate of drug-likeness (QED) is 0.0519. The number of carbonyl (C=O) groups is 13. The maximum Gasteiger partial charge on any atom is 0.347 e. The highest BCUT2D eigenvalue weighted by Crippen LogP contribution is 2.66. The molecular weight excluding hydrogens is 1900 g/mol. The Morgan fingerprint density at radius 1 is 0.329 bits per heavy atom. The average molecular weight is 2090 g/mol. The summed E-state index contributed by atoms with van der Waals surface area (Å²) in [5, 5.41) is 21.3. The van der Waals surface area contributed by atoms with Crippen LogP contribution in [0.1, 0.15) is 437 Å². The summed E-state index contributed by atoms with van der Waals surface area (Å²) in [5.74, 6) is 8.53. The zero-order chi connectivity index (χ0) is 110. The van der Waals surface area contributed by atoms with E-state index in [9.17, 15) is 72.5 Å². The van der Waals surface area contributed by atoms with Gasteiger partial charge in [-0.25, -0.2) is 19.2 Å². The molecule has 28 heteroatoms. The Hall–Kier alpha value is -6.97. The molecule has 24 aliphatic rings. The van der Waals surface area contributed by atoms with Crippen LogP contribution in [0.2, 0.25) is 0 Å². The van der Waals surface area contributed by atoms with E-state index in [1.807, 2.05) is 104 Å². The van der Waals surface area contributed by atoms with E-state index in [-0.39, 0.29) is 130 Å². The second-order valence-electron chi connectivity index (χ2n) is 55.7. The van der Waals surface area contributed by atoms with E-state index in [1.54, 1.807) is 41.5 Å². The molecule has 20 bridgehead atoms. The van der Waals surface area contributed by atoms with Crippen LogP contribution in [-0.2, 0) is 124 Å². The molecule has 28 nitrogen and oxygen atoms in total. The second kappa shape index (κ2) is 46.1. The molecule has 0 aromatic heterocycles. The number of hydrogen-bond acceptors (Lipinski definition) is 28. The fraction of sp³-hybridized carbons (Fsp3) is 0.893. The smallest absolute Gasteiger partial charge is 0.347 e. The van der Waals surface area contributed by atoms with Gasteiger partial charge in [-0.1, -0.05) is 68.7 Å². The zero-order valence-electron chi connectivity index (χ0n) is 96.0. The van der Waals surface area contributed by atoms with Crippen molar-refractivity contribution in [2.75, 3.05) is 26.4 Å². The van der Waals surface area contributed by atoms with Gasteiger partial charge in [-0.2, -0.15) is 0 Å². The Kier molecular flexibility index (Phi) is 36.8. The number of cyclic esters (lactones) is 2. The van der Waals surface area contributed by atoms with Crippen molar-refractivity contribution in [3.05, 3.63) is 0 Å². The third-order valence-corrected chi connectivity index (χ3v) is 41.7. The minimum atomic E-state index is -0.865. The van der Waals surface area contributed by atoms with E-state index in [1.165, 1.54) is 103 Å². The van der Waals surface area contributed by atoms with Crippen molar-refractivity contribution in [3.8, 4) is 0 Å². The fourth-order valence-electron chi connectivity index (χ4n) is 30.0. The molecule has 24 rings (SSSR count). The van der Waals surface area contributed by atoms with Crippen LogP contribution in [0.15, 0.2) is 0 Å². The van der Waals surface area contributed by atoms with E-state index in [2.05, 4.69) is 39.4 Å². The van der Waals surface area contributed by atoms with Crippen molar-refractivity contribution < 1.29 is 134 Å². The summed E-state index contributed by atoms with van der Waals surface area (Å²) in [5.41, 5.74) is -5.69. The van der Waals surface area contributed by atoms with Crippen molar-refractivity contribution in [2.24, 2.45) is 156 Å². The van der Waals surface area contributed by atoms with Gasteiger partial charge in [-0.15, -0.1) is 0 Å². The van der Waals surface area contributed by atoms with E-state index in [4.69, 9.17) is 56.8 Å². The van der Waals surface area contributed by atoms with Crippen LogP contribution in [0.25, 0.3) is 0 Å². The predicted octanol–water partition coefficient (Wildman–Crippen LogP) is 22.2. The standard InChI is InChI=1S/C18H30O2.C17H28O2.C16H22O6.2C16H26O3.C16H26O2.C12H18O6.C10H16O4/c1-5-17(3,4)16(19)20-18(6-2)14-8-12-7-13(10-14)11-15(18)9-12;1-5-16(2,3)15(18)19-17(4)13-7-11-6-12(9-13)10-14(17)8-11;1-4-16(2,3)15(19)20-7-11(17)21-12-8-5-9-10(6-8)14(18)22-13(9)12;2*1-4-14(2,3)13(17)19-16-8-11-5-12(9-16)7-15(18,6-11)10-16;1-4-16(2,3)15(17)18-14-9-10-8-13(14)12-7-5-6-11(10)12;1-4-12(2,3)11(15)17-7-9(13)18-8-5-6-16-10(8)14;1-4-10(2,3)9(12)14-7-5-6-13-8(7)11/h12-15H,5-11H2,1-4H3;11-14H,5-10H2,1-4H3;8-10,12-13H,4-7H2,1-3H3;2*11-12,18H,4-10H2,1-3H3;10-14H,4-9H2,1-3H3;8H,4-7H2,1-3H3;7H,4-6H2,1-3H3. The van der Waals surface area contributed by atoms with E-state index in [0.29, 0.717) is 105 Å². The molecular formula is C121H192O28. The minimum Gasteiger partial charge on any atom is -0.463 e. The Bertz CT molecular complexity index is 4610. The van der Waals surface area contributed by atoms with E-state index < -0.39 is 92.9 Å². The molecule has 0 spiro atoms. The number of carbonyl (C=O) groups excluding carboxylic acids is 13. The maximum atomic E-state index is 12.6. The SMILES string of the molecule is CCC(C)(C)C(=O)OC1(C)C2CC3CC(C2)CC1C3.CCC(C)(C)C(=O)OC1(CC)C2CC3CC(C2)CC1C3.CCC(C)(C)C(=O)OC12CC3CC(CC(O)(C3)C1)C2.CCC(C)(C)C(=O)OC12CC3CC(CC(O)(C3)C1)C2.CCC(C)(C)C(=O)OC1CC2CC1C1CCCC21.CCC(C)(C)C(=O)OC1CCOC1=O.CCC(C)(C)C(=O)OCC(=O)OC1C2CC3C(=O)OC1C3C2.CCC(C)(C)C(=O)OCC(=O)OC1CCOC1=O. The van der Waals surface area contributed by atoms with Crippen molar-refractivity contribution in [1.29, 1.82) is 0 Å². The van der Waals surface area contributed by atoms with Crippen LogP contribution in [-0.4, -0.2) is 178 Å². The molecule has 3 heterocycles. The van der Waals surface area contributed by atoms with E-state index in [0.717, 1.165) is 151 Å². The summed E-state index contributed by atoms with van der Waals surface area (Å²) in [6.07, 6.45) is 38.8. The molecule has 844 valence electrons. The van der Waals surface area contributed by atoms with Gasteiger partial charge in [0.1, 0.15) is 40.7 Å². The van der Waals surface area contributed by atoms with Gasteiger partial charge >= 0.3 is 77.6 Å². The molecule has 3 aliphatic heterocycles. The van der Waals surface area contributed by atoms with Gasteiger partial charge in [0, 0.05) is 37.5 Å². The third kappa shape index (κ3) is 26.6. The van der Waals surface area contributed by atoms with Crippen LogP contribution in [0.3, 0.4) is 0 Å². The van der Waals surface area contributed by atoms with Crippen molar-refractivity contribution in [1.82, 2.24) is 0 Å². The molecule has 3 saturated heterocycles. The highest BCUT2D eigenvalue weighted by Gasteiger charge is 2.67. The third-order valence-electron chi connectivity index (χ3n) is 41.7. The lowest BCUT2D eigenvalue weighted by molar-refractivity contribution is -0.226. The van der Waals surface area contributed by atoms with Gasteiger partial charge in [-0.05, 0) is 437 Å². The summed E-state index contributed by atoms with van der Waals surface area (Å²) in [6.45, 7) is 50.6. The molecule has 24 fully saturated rings. The zero-order valence-corrected chi connectivity index (χ0v) is 96.0. The molecule has 16 atom stereocenters. The fourth-order valence-corrected chi connectivity index (χ4v) is 30.0. The largest absolute Gasteiger partial charge is 0.463 e. The molecule has 149 heavy (non-hydrogen) atoms. The minimum absolute atomic E-state index is 0.00636. The normalized spacial score (nSPS) is 37.4. The summed E-state index contributed by atoms with van der Waals surface area (Å²) in [7, 11) is 0. The van der Waals surface area contributed by atoms with Crippen LogP contribution >= 0.6 is 0 Å². The van der Waals surface area contributed by atoms with Crippen molar-refractivity contribution >= 4 is 77.6 Å². The summed E-state index contributed by atoms with van der Waals surface area (Å²) in [6, 6.07) is 0. The summed E-state index contributed by atoms with van der Waals surface area (Å²) >= 11 is 0. The first-order chi connectivity index (χ1) is 69.5. The molecule has 0 aromatic rings. The first-order valence-corrected chi connectivity index (χ1v) is 58.6. The Morgan fingerprint density at radius 3 is 1.05 bits per heavy atom. The predicted molar refractivity (Wildman–Crippen MR) is 556 cm³/mol. The molecule has 21 aliphatic carbocycles. The van der Waals surface area contributed by atoms with Gasteiger partial charge in [0.25, 0.3) is 0 Å². The molecule has 0 amide bonds. The van der Waals surface area contributed by atoms with Gasteiger partial charge in [-0.3, -0.25) is 43.2 Å². The van der Waals surface area contributed by atoms with E-state index >= 15 is 0 Å². The number of ether oxygens (including phenoxy) is 13. The Labute approximate surface area is 890 Å². The number of fused-ring (bicyclic) bond motifs is 6. The maximum absolute atomic E-state index is 12.6. The van der Waals surface area contributed by atoms with Gasteiger partial charge in [0.15, 0.2) is 13.2 Å². The molecule has 0 aromatic carbocycles. The highest BCUT2D eigenvalue weighted by atomic mass is 16.6. The second-order valence-corrected chi connectivity index (χ2v) is 55.7. The molecule has 2 N–H and O–H groups in total. The summed E-state index contributed by atoms with van der Waals surface area (Å²) in [4.78, 5) is 154. The summed E-state index contributed by atoms with van der Waals surface area (Å²) < 4.78 is 70.1. The van der Waals surface area contributed by atoms with Gasteiger partial charge in [0.2, 0.25) is 12.2 Å². The van der Waals surface area contributed by atoms with Crippen LogP contribution in [0.4, 0.5) is 0 Å². The lowest BCUT2D eigenvalue weighted by Gasteiger charge is -2.60. The number of rotatable bonds is 29. The number of aliphatic hydroxyl groups is 2.